The Morgan fingerprint density at radius 3 is 2.44 bits per heavy atom. The zero-order chi connectivity index (χ0) is 17.6. The van der Waals surface area contributed by atoms with Crippen LogP contribution in [0.3, 0.4) is 0 Å². The average Bonchev–Trinajstić information content (AvgIpc) is 2.70. The van der Waals surface area contributed by atoms with Crippen LogP contribution in [0.5, 0.6) is 5.75 Å². The van der Waals surface area contributed by atoms with Crippen LogP contribution in [0.2, 0.25) is 0 Å². The summed E-state index contributed by atoms with van der Waals surface area (Å²) in [5, 5.41) is 17.3. The molecule has 1 aliphatic heterocycles. The number of carbonyl (C=O) groups excluding carboxylic acids is 1. The first-order chi connectivity index (χ1) is 11.9. The van der Waals surface area contributed by atoms with Gasteiger partial charge in [-0.15, -0.1) is 0 Å². The third-order valence-electron chi connectivity index (χ3n) is 4.97. The summed E-state index contributed by atoms with van der Waals surface area (Å²) in [6, 6.07) is 14.8. The molecule has 2 aromatic carbocycles. The van der Waals surface area contributed by atoms with Gasteiger partial charge in [-0.2, -0.15) is 0 Å². The summed E-state index contributed by atoms with van der Waals surface area (Å²) in [6.07, 6.45) is 1.31. The molecule has 0 fully saturated rings. The van der Waals surface area contributed by atoms with Crippen LogP contribution >= 0.6 is 0 Å². The number of phenols is 1. The quantitative estimate of drug-likeness (QED) is 0.712. The summed E-state index contributed by atoms with van der Waals surface area (Å²) in [7, 11) is 0. The van der Waals surface area contributed by atoms with Crippen molar-refractivity contribution < 1.29 is 9.90 Å². The number of fused-ring (bicyclic) bond motifs is 1. The molecule has 128 valence electrons. The van der Waals surface area contributed by atoms with Crippen molar-refractivity contribution in [2.24, 2.45) is 5.41 Å². The molecule has 0 spiro atoms. The number of aromatic hydroxyl groups is 1. The minimum Gasteiger partial charge on any atom is -0.508 e. The zero-order valence-corrected chi connectivity index (χ0v) is 14.5. The maximum Gasteiger partial charge on any atom is 0.163 e. The molecule has 1 heterocycles. The van der Waals surface area contributed by atoms with Gasteiger partial charge in [0.25, 0.3) is 0 Å². The van der Waals surface area contributed by atoms with Crippen LogP contribution in [0.4, 0.5) is 11.4 Å². The largest absolute Gasteiger partial charge is 0.508 e. The van der Waals surface area contributed by atoms with E-state index in [0.717, 1.165) is 34.6 Å². The second kappa shape index (κ2) is 5.66. The predicted octanol–water partition coefficient (Wildman–Crippen LogP) is 4.61. The standard InChI is InChI=1S/C21H22N2O2/c1-21(2)11-16-19(18(25)12-21)20(13-7-3-6-10-17(13)24)23-15-9-5-4-8-14(15)22-16/h3-10,20,22-24H,11-12H2,1-2H3/t20-/m1/s1. The van der Waals surface area contributed by atoms with Gasteiger partial charge in [0.2, 0.25) is 0 Å². The van der Waals surface area contributed by atoms with Gasteiger partial charge in [0.05, 0.1) is 17.4 Å². The molecule has 0 saturated carbocycles. The van der Waals surface area contributed by atoms with E-state index < -0.39 is 0 Å². The van der Waals surface area contributed by atoms with Crippen molar-refractivity contribution in [1.82, 2.24) is 0 Å². The Morgan fingerprint density at radius 1 is 1.00 bits per heavy atom. The fourth-order valence-corrected chi connectivity index (χ4v) is 3.85. The molecular formula is C21H22N2O2. The normalized spacial score (nSPS) is 21.5. The number of Topliss-reactive ketones (excluding diaryl/α,β-unsaturated/α-hetero) is 1. The minimum absolute atomic E-state index is 0.0779. The SMILES string of the molecule is CC1(C)CC(=O)C2=C(C1)Nc1ccccc1N[C@@H]2c1ccccc1O. The molecular weight excluding hydrogens is 312 g/mol. The lowest BCUT2D eigenvalue weighted by molar-refractivity contribution is -0.118. The molecule has 25 heavy (non-hydrogen) atoms. The number of allylic oxidation sites excluding steroid dienone is 1. The van der Waals surface area contributed by atoms with Crippen LogP contribution in [-0.4, -0.2) is 10.9 Å². The summed E-state index contributed by atoms with van der Waals surface area (Å²) in [5.41, 5.74) is 4.21. The van der Waals surface area contributed by atoms with Crippen molar-refractivity contribution in [3.63, 3.8) is 0 Å². The van der Waals surface area contributed by atoms with Crippen molar-refractivity contribution in [3.05, 3.63) is 65.4 Å². The van der Waals surface area contributed by atoms with Gasteiger partial charge in [-0.1, -0.05) is 44.2 Å². The van der Waals surface area contributed by atoms with E-state index in [0.29, 0.717) is 6.42 Å². The number of benzene rings is 2. The second-order valence-electron chi connectivity index (χ2n) is 7.64. The molecule has 4 rings (SSSR count). The van der Waals surface area contributed by atoms with Crippen LogP contribution in [0.1, 0.15) is 38.3 Å². The summed E-state index contributed by atoms with van der Waals surface area (Å²) >= 11 is 0. The first-order valence-corrected chi connectivity index (χ1v) is 8.61. The number of para-hydroxylation sites is 3. The molecule has 0 saturated heterocycles. The van der Waals surface area contributed by atoms with Gasteiger partial charge in [0, 0.05) is 23.3 Å². The number of nitrogens with one attached hydrogen (secondary N) is 2. The van der Waals surface area contributed by atoms with Gasteiger partial charge in [-0.3, -0.25) is 4.79 Å². The highest BCUT2D eigenvalue weighted by Gasteiger charge is 2.39. The molecule has 0 bridgehead atoms. The van der Waals surface area contributed by atoms with Gasteiger partial charge >= 0.3 is 0 Å². The van der Waals surface area contributed by atoms with E-state index in [9.17, 15) is 9.90 Å². The van der Waals surface area contributed by atoms with Gasteiger partial charge in [0.15, 0.2) is 5.78 Å². The average molecular weight is 334 g/mol. The topological polar surface area (TPSA) is 61.4 Å². The number of carbonyl (C=O) groups is 1. The highest BCUT2D eigenvalue weighted by Crippen LogP contribution is 2.46. The van der Waals surface area contributed by atoms with Crippen molar-refractivity contribution in [2.45, 2.75) is 32.7 Å². The Kier molecular flexibility index (Phi) is 3.57. The summed E-state index contributed by atoms with van der Waals surface area (Å²) in [4.78, 5) is 13.0. The van der Waals surface area contributed by atoms with Crippen LogP contribution in [0, 0.1) is 5.41 Å². The van der Waals surface area contributed by atoms with Crippen molar-refractivity contribution in [1.29, 1.82) is 0 Å². The van der Waals surface area contributed by atoms with Gasteiger partial charge < -0.3 is 15.7 Å². The van der Waals surface area contributed by atoms with E-state index >= 15 is 0 Å². The summed E-state index contributed by atoms with van der Waals surface area (Å²) < 4.78 is 0. The number of hydrogen-bond acceptors (Lipinski definition) is 4. The molecule has 0 amide bonds. The van der Waals surface area contributed by atoms with E-state index in [4.69, 9.17) is 0 Å². The van der Waals surface area contributed by atoms with Crippen molar-refractivity contribution in [2.75, 3.05) is 10.6 Å². The molecule has 0 aromatic heterocycles. The fourth-order valence-electron chi connectivity index (χ4n) is 3.85. The maximum absolute atomic E-state index is 13.0. The van der Waals surface area contributed by atoms with Gasteiger partial charge in [-0.25, -0.2) is 0 Å². The molecule has 0 unspecified atom stereocenters. The van der Waals surface area contributed by atoms with Gasteiger partial charge in [-0.05, 0) is 30.0 Å². The molecule has 2 aliphatic rings. The van der Waals surface area contributed by atoms with E-state index in [-0.39, 0.29) is 23.0 Å². The van der Waals surface area contributed by atoms with Crippen molar-refractivity contribution in [3.8, 4) is 5.75 Å². The third kappa shape index (κ3) is 2.78. The Hall–Kier alpha value is -2.75. The predicted molar refractivity (Wildman–Crippen MR) is 99.6 cm³/mol. The maximum atomic E-state index is 13.0. The number of ketones is 1. The van der Waals surface area contributed by atoms with E-state index in [1.54, 1.807) is 12.1 Å². The van der Waals surface area contributed by atoms with Crippen LogP contribution < -0.4 is 10.6 Å². The van der Waals surface area contributed by atoms with E-state index in [2.05, 4.69) is 24.5 Å². The number of phenolic OH excluding ortho intramolecular Hbond substituents is 1. The molecule has 4 nitrogen and oxygen atoms in total. The summed E-state index contributed by atoms with van der Waals surface area (Å²) in [5.74, 6) is 0.330. The number of hydrogen-bond donors (Lipinski definition) is 3. The third-order valence-corrected chi connectivity index (χ3v) is 4.97. The smallest absolute Gasteiger partial charge is 0.163 e. The monoisotopic (exact) mass is 334 g/mol. The Bertz CT molecular complexity index is 883. The molecule has 2 aromatic rings. The second-order valence-corrected chi connectivity index (χ2v) is 7.64. The van der Waals surface area contributed by atoms with Crippen LogP contribution in [0.15, 0.2) is 59.8 Å². The lowest BCUT2D eigenvalue weighted by Crippen LogP contribution is -2.31. The molecule has 1 aliphatic carbocycles. The molecule has 4 heteroatoms. The van der Waals surface area contributed by atoms with E-state index in [1.165, 1.54) is 0 Å². The highest BCUT2D eigenvalue weighted by atomic mass is 16.3. The molecule has 1 atom stereocenters. The van der Waals surface area contributed by atoms with E-state index in [1.807, 2.05) is 36.4 Å². The Morgan fingerprint density at radius 2 is 1.68 bits per heavy atom. The van der Waals surface area contributed by atoms with Gasteiger partial charge in [0.1, 0.15) is 5.75 Å². The number of anilines is 2. The summed E-state index contributed by atoms with van der Waals surface area (Å²) in [6.45, 7) is 4.24. The van der Waals surface area contributed by atoms with Crippen LogP contribution in [-0.2, 0) is 4.79 Å². The minimum atomic E-state index is -0.365. The Labute approximate surface area is 147 Å². The Balaban J connectivity index is 1.92. The molecule has 0 radical (unpaired) electrons. The first-order valence-electron chi connectivity index (χ1n) is 8.61. The fraction of sp³-hybridized carbons (Fsp3) is 0.286. The first kappa shape index (κ1) is 15.8. The van der Waals surface area contributed by atoms with Crippen molar-refractivity contribution >= 4 is 17.2 Å². The number of rotatable bonds is 1. The zero-order valence-electron chi connectivity index (χ0n) is 14.5. The lowest BCUT2D eigenvalue weighted by atomic mass is 9.73. The van der Waals surface area contributed by atoms with Crippen LogP contribution in [0.25, 0.3) is 0 Å². The molecule has 3 N–H and O–H groups in total. The lowest BCUT2D eigenvalue weighted by Gasteiger charge is -2.34. The highest BCUT2D eigenvalue weighted by molar-refractivity contribution is 6.01.